The van der Waals surface area contributed by atoms with Crippen LogP contribution in [0.25, 0.3) is 0 Å². The number of carbonyl (C=O) groups excluding carboxylic acids is 1. The van der Waals surface area contributed by atoms with E-state index in [4.69, 9.17) is 4.43 Å². The SMILES string of the molecule is CCCC(C(=O)O[SiH3])(c1ccccc1)C(CC)c1ccccc1. The second-order valence-corrected chi connectivity index (χ2v) is 6.36. The molecule has 0 aliphatic rings. The minimum atomic E-state index is -0.603. The summed E-state index contributed by atoms with van der Waals surface area (Å²) >= 11 is 0. The third-order valence-electron chi connectivity index (χ3n) is 4.69. The molecule has 0 aromatic heterocycles. The summed E-state index contributed by atoms with van der Waals surface area (Å²) in [6.45, 7) is 4.29. The Morgan fingerprint density at radius 1 is 1.04 bits per heavy atom. The number of rotatable bonds is 7. The van der Waals surface area contributed by atoms with Gasteiger partial charge in [0.1, 0.15) is 0 Å². The van der Waals surface area contributed by atoms with E-state index in [-0.39, 0.29) is 11.9 Å². The van der Waals surface area contributed by atoms with Crippen molar-refractivity contribution in [1.29, 1.82) is 0 Å². The van der Waals surface area contributed by atoms with Crippen LogP contribution >= 0.6 is 0 Å². The quantitative estimate of drug-likeness (QED) is 0.725. The van der Waals surface area contributed by atoms with E-state index in [2.05, 4.69) is 38.1 Å². The molecule has 2 nitrogen and oxygen atoms in total. The van der Waals surface area contributed by atoms with Crippen LogP contribution in [0, 0.1) is 0 Å². The van der Waals surface area contributed by atoms with Gasteiger partial charge >= 0.3 is 5.97 Å². The molecule has 0 amide bonds. The van der Waals surface area contributed by atoms with Crippen molar-refractivity contribution in [3.8, 4) is 0 Å². The van der Waals surface area contributed by atoms with Gasteiger partial charge in [-0.25, -0.2) is 0 Å². The second-order valence-electron chi connectivity index (χ2n) is 5.95. The molecular formula is C20H26O2Si. The lowest BCUT2D eigenvalue weighted by molar-refractivity contribution is -0.142. The highest BCUT2D eigenvalue weighted by Gasteiger charge is 2.46. The monoisotopic (exact) mass is 326 g/mol. The van der Waals surface area contributed by atoms with Gasteiger partial charge in [0, 0.05) is 5.92 Å². The molecule has 0 saturated heterocycles. The summed E-state index contributed by atoms with van der Waals surface area (Å²) in [6, 6.07) is 20.5. The van der Waals surface area contributed by atoms with Crippen LogP contribution in [-0.4, -0.2) is 16.5 Å². The standard InChI is InChI=1S/C20H26O2Si/c1-3-15-20(19(21)22-23,17-13-9-6-10-14-17)18(4-2)16-11-7-5-8-12-16/h5-14,18H,3-4,15H2,1-2,23H3. The van der Waals surface area contributed by atoms with Crippen molar-refractivity contribution < 1.29 is 9.22 Å². The van der Waals surface area contributed by atoms with Gasteiger partial charge in [-0.3, -0.25) is 4.79 Å². The molecule has 0 aliphatic carbocycles. The maximum Gasteiger partial charge on any atom is 0.303 e. The molecule has 23 heavy (non-hydrogen) atoms. The molecule has 0 N–H and O–H groups in total. The van der Waals surface area contributed by atoms with E-state index in [1.807, 2.05) is 36.4 Å². The first-order valence-electron chi connectivity index (χ1n) is 8.39. The Hall–Kier alpha value is -1.87. The maximum atomic E-state index is 13.0. The normalized spacial score (nSPS) is 14.9. The van der Waals surface area contributed by atoms with E-state index < -0.39 is 5.41 Å². The Kier molecular flexibility index (Phi) is 6.17. The third-order valence-corrected chi connectivity index (χ3v) is 5.06. The van der Waals surface area contributed by atoms with Gasteiger partial charge in [-0.1, -0.05) is 80.9 Å². The lowest BCUT2D eigenvalue weighted by Gasteiger charge is -2.39. The molecule has 2 aromatic carbocycles. The van der Waals surface area contributed by atoms with Crippen molar-refractivity contribution >= 4 is 16.5 Å². The van der Waals surface area contributed by atoms with E-state index >= 15 is 0 Å². The third kappa shape index (κ3) is 3.40. The smallest absolute Gasteiger partial charge is 0.303 e. The van der Waals surface area contributed by atoms with E-state index in [0.717, 1.165) is 24.8 Å². The highest BCUT2D eigenvalue weighted by Crippen LogP contribution is 2.45. The zero-order chi connectivity index (χ0) is 16.7. The molecule has 0 spiro atoms. The molecule has 2 rings (SSSR count). The molecular weight excluding hydrogens is 300 g/mol. The summed E-state index contributed by atoms with van der Waals surface area (Å²) in [5.74, 6) is 0.0421. The molecule has 0 radical (unpaired) electrons. The molecule has 3 heteroatoms. The first kappa shape index (κ1) is 17.5. The second kappa shape index (κ2) is 8.11. The van der Waals surface area contributed by atoms with E-state index in [1.165, 1.54) is 5.56 Å². The molecule has 0 aliphatic heterocycles. The van der Waals surface area contributed by atoms with Crippen LogP contribution in [0.1, 0.15) is 50.2 Å². The van der Waals surface area contributed by atoms with Gasteiger partial charge in [-0.15, -0.1) is 0 Å². The van der Waals surface area contributed by atoms with Gasteiger partial charge in [0.25, 0.3) is 0 Å². The summed E-state index contributed by atoms with van der Waals surface area (Å²) in [6.07, 6.45) is 2.63. The molecule has 0 heterocycles. The topological polar surface area (TPSA) is 26.3 Å². The molecule has 122 valence electrons. The summed E-state index contributed by atoms with van der Waals surface area (Å²) in [7, 11) is 0.423. The van der Waals surface area contributed by atoms with Crippen molar-refractivity contribution in [2.45, 2.75) is 44.4 Å². The van der Waals surface area contributed by atoms with Gasteiger partial charge in [-0.05, 0) is 24.0 Å². The molecule has 0 saturated carbocycles. The van der Waals surface area contributed by atoms with Gasteiger partial charge < -0.3 is 4.43 Å². The fourth-order valence-corrected chi connectivity index (χ4v) is 4.11. The minimum absolute atomic E-state index is 0.0760. The zero-order valence-electron chi connectivity index (χ0n) is 14.3. The average molecular weight is 327 g/mol. The lowest BCUT2D eigenvalue weighted by atomic mass is 9.64. The first-order chi connectivity index (χ1) is 11.2. The summed E-state index contributed by atoms with van der Waals surface area (Å²) < 4.78 is 5.43. The van der Waals surface area contributed by atoms with Crippen LogP contribution in [0.4, 0.5) is 0 Å². The number of benzene rings is 2. The van der Waals surface area contributed by atoms with Gasteiger partial charge in [0.05, 0.1) is 5.41 Å². The van der Waals surface area contributed by atoms with Crippen molar-refractivity contribution in [2.24, 2.45) is 0 Å². The largest absolute Gasteiger partial charge is 0.528 e. The lowest BCUT2D eigenvalue weighted by Crippen LogP contribution is -2.43. The predicted molar refractivity (Wildman–Crippen MR) is 98.5 cm³/mol. The van der Waals surface area contributed by atoms with E-state index in [0.29, 0.717) is 10.5 Å². The van der Waals surface area contributed by atoms with Crippen molar-refractivity contribution in [3.05, 3.63) is 71.8 Å². The van der Waals surface area contributed by atoms with Crippen LogP contribution in [-0.2, 0) is 14.6 Å². The van der Waals surface area contributed by atoms with Crippen molar-refractivity contribution in [2.75, 3.05) is 0 Å². The van der Waals surface area contributed by atoms with Crippen molar-refractivity contribution in [3.63, 3.8) is 0 Å². The van der Waals surface area contributed by atoms with Crippen LogP contribution in [0.3, 0.4) is 0 Å². The van der Waals surface area contributed by atoms with Gasteiger partial charge in [0.15, 0.2) is 0 Å². The summed E-state index contributed by atoms with van der Waals surface area (Å²) in [5, 5.41) is 0. The van der Waals surface area contributed by atoms with E-state index in [9.17, 15) is 4.79 Å². The highest BCUT2D eigenvalue weighted by molar-refractivity contribution is 6.07. The Bertz CT molecular complexity index is 612. The molecule has 2 unspecified atom stereocenters. The Labute approximate surface area is 142 Å². The number of carbonyl (C=O) groups is 1. The Morgan fingerprint density at radius 3 is 2.09 bits per heavy atom. The number of hydrogen-bond acceptors (Lipinski definition) is 2. The first-order valence-corrected chi connectivity index (χ1v) is 9.21. The molecule has 2 atom stereocenters. The number of hydrogen-bond donors (Lipinski definition) is 0. The summed E-state index contributed by atoms with van der Waals surface area (Å²) in [5.41, 5.74) is 1.67. The molecule has 0 fully saturated rings. The zero-order valence-corrected chi connectivity index (χ0v) is 16.3. The van der Waals surface area contributed by atoms with E-state index in [1.54, 1.807) is 0 Å². The molecule has 0 bridgehead atoms. The van der Waals surface area contributed by atoms with Crippen LogP contribution in [0.5, 0.6) is 0 Å². The average Bonchev–Trinajstić information content (AvgIpc) is 2.62. The Morgan fingerprint density at radius 2 is 1.61 bits per heavy atom. The van der Waals surface area contributed by atoms with Crippen LogP contribution in [0.2, 0.25) is 0 Å². The fourth-order valence-electron chi connectivity index (χ4n) is 3.75. The molecule has 2 aromatic rings. The minimum Gasteiger partial charge on any atom is -0.528 e. The fraction of sp³-hybridized carbons (Fsp3) is 0.350. The van der Waals surface area contributed by atoms with Crippen molar-refractivity contribution in [1.82, 2.24) is 0 Å². The van der Waals surface area contributed by atoms with Gasteiger partial charge in [-0.2, -0.15) is 0 Å². The highest BCUT2D eigenvalue weighted by atomic mass is 28.2. The van der Waals surface area contributed by atoms with Crippen LogP contribution in [0.15, 0.2) is 60.7 Å². The van der Waals surface area contributed by atoms with Gasteiger partial charge in [0.2, 0.25) is 10.5 Å². The maximum absolute atomic E-state index is 13.0. The Balaban J connectivity index is 2.66. The van der Waals surface area contributed by atoms with Crippen LogP contribution < -0.4 is 0 Å². The predicted octanol–water partition coefficient (Wildman–Crippen LogP) is 3.74. The summed E-state index contributed by atoms with van der Waals surface area (Å²) in [4.78, 5) is 13.0.